The highest BCUT2D eigenvalue weighted by molar-refractivity contribution is 4.81. The summed E-state index contributed by atoms with van der Waals surface area (Å²) in [7, 11) is 0. The third kappa shape index (κ3) is 2.77. The molecule has 66 valence electrons. The van der Waals surface area contributed by atoms with Crippen molar-refractivity contribution in [1.29, 1.82) is 0 Å². The lowest BCUT2D eigenvalue weighted by Gasteiger charge is -2.09. The van der Waals surface area contributed by atoms with Crippen molar-refractivity contribution in [1.82, 2.24) is 5.32 Å². The fourth-order valence-corrected chi connectivity index (χ4v) is 1.47. The van der Waals surface area contributed by atoms with Gasteiger partial charge in [-0.3, -0.25) is 0 Å². The summed E-state index contributed by atoms with van der Waals surface area (Å²) in [5.41, 5.74) is 5.54. The van der Waals surface area contributed by atoms with Crippen molar-refractivity contribution >= 4 is 0 Å². The lowest BCUT2D eigenvalue weighted by atomic mass is 10.1. The summed E-state index contributed by atoms with van der Waals surface area (Å²) >= 11 is 0. The zero-order valence-corrected chi connectivity index (χ0v) is 7.18. The Kier molecular flexibility index (Phi) is 3.83. The molecular formula is C8H18N2O. The number of nitrogens with one attached hydrogen (secondary N) is 1. The van der Waals surface area contributed by atoms with Gasteiger partial charge in [-0.15, -0.1) is 0 Å². The second-order valence-corrected chi connectivity index (χ2v) is 3.10. The molecule has 11 heavy (non-hydrogen) atoms. The topological polar surface area (TPSA) is 47.3 Å². The van der Waals surface area contributed by atoms with E-state index in [1.54, 1.807) is 0 Å². The van der Waals surface area contributed by atoms with Crippen molar-refractivity contribution in [2.45, 2.75) is 19.4 Å². The molecule has 2 atom stereocenters. The monoisotopic (exact) mass is 158 g/mol. The number of rotatable bonds is 4. The molecule has 1 aliphatic rings. The number of nitrogens with two attached hydrogens (primary N) is 1. The molecule has 0 amide bonds. The molecule has 0 spiro atoms. The summed E-state index contributed by atoms with van der Waals surface area (Å²) in [4.78, 5) is 0. The van der Waals surface area contributed by atoms with Gasteiger partial charge < -0.3 is 15.8 Å². The SMILES string of the molecule is CCOC[C@@H]1C[C@@H](CN)CN1. The van der Waals surface area contributed by atoms with Crippen LogP contribution in [0.3, 0.4) is 0 Å². The first-order valence-electron chi connectivity index (χ1n) is 4.38. The molecule has 0 aromatic heterocycles. The van der Waals surface area contributed by atoms with Crippen LogP contribution in [0, 0.1) is 5.92 Å². The van der Waals surface area contributed by atoms with Crippen LogP contribution in [0.25, 0.3) is 0 Å². The first-order valence-corrected chi connectivity index (χ1v) is 4.38. The van der Waals surface area contributed by atoms with E-state index in [4.69, 9.17) is 10.5 Å². The Morgan fingerprint density at radius 1 is 1.64 bits per heavy atom. The molecule has 3 heteroatoms. The summed E-state index contributed by atoms with van der Waals surface area (Å²) in [5, 5.41) is 3.39. The summed E-state index contributed by atoms with van der Waals surface area (Å²) in [6.07, 6.45) is 1.18. The normalized spacial score (nSPS) is 31.1. The van der Waals surface area contributed by atoms with Gasteiger partial charge in [-0.1, -0.05) is 0 Å². The number of ether oxygens (including phenoxy) is 1. The first-order chi connectivity index (χ1) is 5.36. The lowest BCUT2D eigenvalue weighted by Crippen LogP contribution is -2.26. The minimum absolute atomic E-state index is 0.545. The van der Waals surface area contributed by atoms with E-state index in [1.807, 2.05) is 6.92 Å². The average molecular weight is 158 g/mol. The maximum atomic E-state index is 5.54. The van der Waals surface area contributed by atoms with E-state index in [2.05, 4.69) is 5.32 Å². The molecule has 0 aromatic rings. The molecule has 1 aliphatic heterocycles. The third-order valence-corrected chi connectivity index (χ3v) is 2.17. The maximum absolute atomic E-state index is 5.54. The number of hydrogen-bond acceptors (Lipinski definition) is 3. The van der Waals surface area contributed by atoms with Crippen molar-refractivity contribution in [3.8, 4) is 0 Å². The second kappa shape index (κ2) is 4.70. The molecule has 1 heterocycles. The minimum Gasteiger partial charge on any atom is -0.380 e. The van der Waals surface area contributed by atoms with E-state index >= 15 is 0 Å². The fourth-order valence-electron chi connectivity index (χ4n) is 1.47. The van der Waals surface area contributed by atoms with Gasteiger partial charge in [-0.25, -0.2) is 0 Å². The average Bonchev–Trinajstić information content (AvgIpc) is 2.48. The van der Waals surface area contributed by atoms with Crippen LogP contribution in [0.5, 0.6) is 0 Å². The van der Waals surface area contributed by atoms with Crippen molar-refractivity contribution in [3.63, 3.8) is 0 Å². The predicted molar refractivity (Wildman–Crippen MR) is 45.4 cm³/mol. The van der Waals surface area contributed by atoms with E-state index < -0.39 is 0 Å². The Hall–Kier alpha value is -0.120. The third-order valence-electron chi connectivity index (χ3n) is 2.17. The van der Waals surface area contributed by atoms with Crippen LogP contribution in [0.2, 0.25) is 0 Å². The van der Waals surface area contributed by atoms with Gasteiger partial charge in [0.1, 0.15) is 0 Å². The van der Waals surface area contributed by atoms with E-state index in [-0.39, 0.29) is 0 Å². The molecule has 0 radical (unpaired) electrons. The Bertz CT molecular complexity index is 108. The van der Waals surface area contributed by atoms with Gasteiger partial charge >= 0.3 is 0 Å². The van der Waals surface area contributed by atoms with Gasteiger partial charge in [0.2, 0.25) is 0 Å². The Labute approximate surface area is 68.3 Å². The van der Waals surface area contributed by atoms with Gasteiger partial charge in [-0.2, -0.15) is 0 Å². The molecule has 0 bridgehead atoms. The van der Waals surface area contributed by atoms with Gasteiger partial charge in [0.05, 0.1) is 6.61 Å². The maximum Gasteiger partial charge on any atom is 0.0619 e. The standard InChI is InChI=1S/C8H18N2O/c1-2-11-6-8-3-7(4-9)5-10-8/h7-8,10H,2-6,9H2,1H3/t7-,8-/m0/s1. The molecule has 1 saturated heterocycles. The molecule has 3 nitrogen and oxygen atoms in total. The summed E-state index contributed by atoms with van der Waals surface area (Å²) in [5.74, 6) is 0.667. The largest absolute Gasteiger partial charge is 0.380 e. The smallest absolute Gasteiger partial charge is 0.0619 e. The Balaban J connectivity index is 2.09. The Morgan fingerprint density at radius 2 is 2.45 bits per heavy atom. The zero-order valence-electron chi connectivity index (χ0n) is 7.18. The van der Waals surface area contributed by atoms with Crippen molar-refractivity contribution in [2.75, 3.05) is 26.3 Å². The summed E-state index contributed by atoms with van der Waals surface area (Å²) in [6, 6.07) is 0.545. The summed E-state index contributed by atoms with van der Waals surface area (Å²) < 4.78 is 5.31. The van der Waals surface area contributed by atoms with Crippen molar-refractivity contribution in [2.24, 2.45) is 11.7 Å². The molecular weight excluding hydrogens is 140 g/mol. The van der Waals surface area contributed by atoms with Gasteiger partial charge in [0.25, 0.3) is 0 Å². The van der Waals surface area contributed by atoms with Crippen LogP contribution in [0.4, 0.5) is 0 Å². The molecule has 3 N–H and O–H groups in total. The van der Waals surface area contributed by atoms with Gasteiger partial charge in [0, 0.05) is 12.6 Å². The van der Waals surface area contributed by atoms with Crippen LogP contribution in [-0.4, -0.2) is 32.3 Å². The van der Waals surface area contributed by atoms with E-state index in [0.717, 1.165) is 26.3 Å². The molecule has 0 saturated carbocycles. The fraction of sp³-hybridized carbons (Fsp3) is 1.00. The van der Waals surface area contributed by atoms with E-state index in [1.165, 1.54) is 6.42 Å². The van der Waals surface area contributed by atoms with Gasteiger partial charge in [0.15, 0.2) is 0 Å². The van der Waals surface area contributed by atoms with Crippen LogP contribution < -0.4 is 11.1 Å². The lowest BCUT2D eigenvalue weighted by molar-refractivity contribution is 0.127. The van der Waals surface area contributed by atoms with Crippen LogP contribution in [-0.2, 0) is 4.74 Å². The first kappa shape index (κ1) is 8.97. The predicted octanol–water partition coefficient (Wildman–Crippen LogP) is -0.0403. The highest BCUT2D eigenvalue weighted by Crippen LogP contribution is 2.12. The zero-order chi connectivity index (χ0) is 8.10. The Morgan fingerprint density at radius 3 is 3.00 bits per heavy atom. The van der Waals surface area contributed by atoms with Crippen molar-refractivity contribution in [3.05, 3.63) is 0 Å². The van der Waals surface area contributed by atoms with Crippen LogP contribution in [0.1, 0.15) is 13.3 Å². The molecule has 0 unspecified atom stereocenters. The van der Waals surface area contributed by atoms with E-state index in [9.17, 15) is 0 Å². The molecule has 1 fully saturated rings. The van der Waals surface area contributed by atoms with Crippen LogP contribution in [0.15, 0.2) is 0 Å². The van der Waals surface area contributed by atoms with Crippen LogP contribution >= 0.6 is 0 Å². The second-order valence-electron chi connectivity index (χ2n) is 3.10. The highest BCUT2D eigenvalue weighted by Gasteiger charge is 2.22. The van der Waals surface area contributed by atoms with E-state index in [0.29, 0.717) is 12.0 Å². The minimum atomic E-state index is 0.545. The van der Waals surface area contributed by atoms with Gasteiger partial charge in [-0.05, 0) is 32.4 Å². The number of hydrogen-bond donors (Lipinski definition) is 2. The van der Waals surface area contributed by atoms with Crippen molar-refractivity contribution < 1.29 is 4.74 Å². The molecule has 0 aliphatic carbocycles. The quantitative estimate of drug-likeness (QED) is 0.603. The molecule has 1 rings (SSSR count). The summed E-state index contributed by atoms with van der Waals surface area (Å²) in [6.45, 7) is 5.54. The highest BCUT2D eigenvalue weighted by atomic mass is 16.5. The molecule has 0 aromatic carbocycles.